The predicted molar refractivity (Wildman–Crippen MR) is 81.7 cm³/mol. The molecule has 4 heteroatoms. The highest BCUT2D eigenvalue weighted by atomic mass is 16.2. The van der Waals surface area contributed by atoms with E-state index >= 15 is 0 Å². The molecule has 0 atom stereocenters. The van der Waals surface area contributed by atoms with Crippen molar-refractivity contribution >= 4 is 11.6 Å². The van der Waals surface area contributed by atoms with Crippen molar-refractivity contribution in [2.45, 2.75) is 13.3 Å². The molecule has 21 heavy (non-hydrogen) atoms. The van der Waals surface area contributed by atoms with E-state index in [1.807, 2.05) is 37.3 Å². The molecule has 0 aliphatic rings. The number of aryl methyl sites for hydroxylation is 1. The second kappa shape index (κ2) is 7.22. The third kappa shape index (κ3) is 4.44. The van der Waals surface area contributed by atoms with Crippen LogP contribution in [0.3, 0.4) is 0 Å². The largest absolute Gasteiger partial charge is 0.384 e. The number of pyridine rings is 1. The number of benzene rings is 1. The normalized spacial score (nSPS) is 9.62. The fourth-order valence-corrected chi connectivity index (χ4v) is 1.91. The number of nitrogens with zero attached hydrogens (tertiary/aromatic N) is 1. The summed E-state index contributed by atoms with van der Waals surface area (Å²) >= 11 is 0. The van der Waals surface area contributed by atoms with Gasteiger partial charge in [0, 0.05) is 23.6 Å². The van der Waals surface area contributed by atoms with E-state index < -0.39 is 0 Å². The summed E-state index contributed by atoms with van der Waals surface area (Å²) < 4.78 is 0. The molecule has 106 valence electrons. The molecule has 0 aliphatic carbocycles. The number of amides is 1. The number of hydrogen-bond donors (Lipinski definition) is 2. The second-order valence-corrected chi connectivity index (χ2v) is 4.58. The molecule has 0 saturated carbocycles. The Morgan fingerprint density at radius 2 is 2.24 bits per heavy atom. The van der Waals surface area contributed by atoms with Gasteiger partial charge in [-0.25, -0.2) is 0 Å². The number of aromatic nitrogens is 1. The molecule has 2 aromatic rings. The Morgan fingerprint density at radius 3 is 2.90 bits per heavy atom. The third-order valence-corrected chi connectivity index (χ3v) is 2.90. The third-order valence-electron chi connectivity index (χ3n) is 2.90. The summed E-state index contributed by atoms with van der Waals surface area (Å²) in [6, 6.07) is 9.19. The first-order valence-electron chi connectivity index (χ1n) is 6.58. The Bertz CT molecular complexity index is 685. The number of nitrogens with one attached hydrogen (secondary N) is 1. The zero-order valence-electron chi connectivity index (χ0n) is 11.8. The van der Waals surface area contributed by atoms with Gasteiger partial charge in [0.2, 0.25) is 5.91 Å². The molecule has 0 fully saturated rings. The lowest BCUT2D eigenvalue weighted by molar-refractivity contribution is -0.115. The van der Waals surface area contributed by atoms with Gasteiger partial charge in [-0.05, 0) is 42.3 Å². The summed E-state index contributed by atoms with van der Waals surface area (Å²) in [6.07, 6.45) is 3.65. The Morgan fingerprint density at radius 1 is 1.38 bits per heavy atom. The van der Waals surface area contributed by atoms with Gasteiger partial charge in [-0.1, -0.05) is 17.9 Å². The quantitative estimate of drug-likeness (QED) is 0.844. The zero-order chi connectivity index (χ0) is 15.1. The maximum absolute atomic E-state index is 12.0. The lowest BCUT2D eigenvalue weighted by Gasteiger charge is -2.08. The van der Waals surface area contributed by atoms with E-state index in [1.54, 1.807) is 12.4 Å². The molecule has 2 N–H and O–H groups in total. The maximum atomic E-state index is 12.0. The van der Waals surface area contributed by atoms with Gasteiger partial charge >= 0.3 is 0 Å². The van der Waals surface area contributed by atoms with Crippen LogP contribution in [0.1, 0.15) is 16.7 Å². The van der Waals surface area contributed by atoms with E-state index in [1.165, 1.54) is 0 Å². The summed E-state index contributed by atoms with van der Waals surface area (Å²) in [5.41, 5.74) is 3.38. The van der Waals surface area contributed by atoms with Crippen molar-refractivity contribution in [3.63, 3.8) is 0 Å². The zero-order valence-corrected chi connectivity index (χ0v) is 11.8. The lowest BCUT2D eigenvalue weighted by atomic mass is 10.1. The number of aliphatic hydroxyl groups is 1. The van der Waals surface area contributed by atoms with Crippen LogP contribution in [0.2, 0.25) is 0 Å². The van der Waals surface area contributed by atoms with Gasteiger partial charge in [0.1, 0.15) is 6.61 Å². The fraction of sp³-hybridized carbons (Fsp3) is 0.176. The molecule has 0 aliphatic heterocycles. The van der Waals surface area contributed by atoms with Gasteiger partial charge in [-0.3, -0.25) is 9.78 Å². The highest BCUT2D eigenvalue weighted by Gasteiger charge is 2.06. The number of rotatable bonds is 3. The highest BCUT2D eigenvalue weighted by molar-refractivity contribution is 5.93. The molecule has 1 aromatic carbocycles. The van der Waals surface area contributed by atoms with Crippen LogP contribution in [0.25, 0.3) is 0 Å². The maximum Gasteiger partial charge on any atom is 0.228 e. The SMILES string of the molecule is Cc1cc(C#CCO)ccc1NC(=O)Cc1cccnc1. The average molecular weight is 280 g/mol. The Labute approximate surface area is 123 Å². The van der Waals surface area contributed by atoms with Crippen LogP contribution in [0.5, 0.6) is 0 Å². The summed E-state index contributed by atoms with van der Waals surface area (Å²) in [5.74, 6) is 5.35. The Hall–Kier alpha value is -2.64. The number of carbonyl (C=O) groups excluding carboxylic acids is 1. The van der Waals surface area contributed by atoms with Gasteiger partial charge in [0.05, 0.1) is 6.42 Å². The molecular formula is C17H16N2O2. The van der Waals surface area contributed by atoms with Crippen LogP contribution < -0.4 is 5.32 Å². The van der Waals surface area contributed by atoms with Crippen molar-refractivity contribution in [2.24, 2.45) is 0 Å². The van der Waals surface area contributed by atoms with E-state index in [0.29, 0.717) is 6.42 Å². The van der Waals surface area contributed by atoms with Gasteiger partial charge in [0.15, 0.2) is 0 Å². The first kappa shape index (κ1) is 14.8. The Balaban J connectivity index is 2.04. The molecule has 1 aromatic heterocycles. The van der Waals surface area contributed by atoms with Gasteiger partial charge in [0.25, 0.3) is 0 Å². The molecule has 0 bridgehead atoms. The first-order valence-corrected chi connectivity index (χ1v) is 6.58. The van der Waals surface area contributed by atoms with E-state index in [2.05, 4.69) is 22.1 Å². The molecule has 2 rings (SSSR count). The topological polar surface area (TPSA) is 62.2 Å². The summed E-state index contributed by atoms with van der Waals surface area (Å²) in [4.78, 5) is 16.0. The molecule has 4 nitrogen and oxygen atoms in total. The number of hydrogen-bond acceptors (Lipinski definition) is 3. The molecule has 1 heterocycles. The van der Waals surface area contributed by atoms with Crippen molar-refractivity contribution < 1.29 is 9.90 Å². The van der Waals surface area contributed by atoms with Crippen LogP contribution in [0, 0.1) is 18.8 Å². The minimum absolute atomic E-state index is 0.0831. The van der Waals surface area contributed by atoms with Crippen molar-refractivity contribution in [2.75, 3.05) is 11.9 Å². The smallest absolute Gasteiger partial charge is 0.228 e. The summed E-state index contributed by atoms with van der Waals surface area (Å²) in [5, 5.41) is 11.6. The van der Waals surface area contributed by atoms with Crippen LogP contribution >= 0.6 is 0 Å². The summed E-state index contributed by atoms with van der Waals surface area (Å²) in [7, 11) is 0. The van der Waals surface area contributed by atoms with Crippen LogP contribution in [-0.4, -0.2) is 22.6 Å². The Kier molecular flexibility index (Phi) is 5.08. The van der Waals surface area contributed by atoms with E-state index in [9.17, 15) is 4.79 Å². The van der Waals surface area contributed by atoms with Crippen molar-refractivity contribution in [1.29, 1.82) is 0 Å². The molecule has 0 unspecified atom stereocenters. The lowest BCUT2D eigenvalue weighted by Crippen LogP contribution is -2.15. The molecular weight excluding hydrogens is 264 g/mol. The average Bonchev–Trinajstić information content (AvgIpc) is 2.48. The minimum Gasteiger partial charge on any atom is -0.384 e. The minimum atomic E-state index is -0.164. The fourth-order valence-electron chi connectivity index (χ4n) is 1.91. The number of carbonyl (C=O) groups is 1. The first-order chi connectivity index (χ1) is 10.2. The summed E-state index contributed by atoms with van der Waals surface area (Å²) in [6.45, 7) is 1.74. The van der Waals surface area contributed by atoms with E-state index in [4.69, 9.17) is 5.11 Å². The van der Waals surface area contributed by atoms with Crippen LogP contribution in [-0.2, 0) is 11.2 Å². The molecule has 1 amide bonds. The number of anilines is 1. The van der Waals surface area contributed by atoms with E-state index in [-0.39, 0.29) is 12.5 Å². The van der Waals surface area contributed by atoms with Crippen molar-refractivity contribution in [3.05, 3.63) is 59.4 Å². The van der Waals surface area contributed by atoms with E-state index in [0.717, 1.165) is 22.4 Å². The predicted octanol–water partition coefficient (Wildman–Crippen LogP) is 1.92. The van der Waals surface area contributed by atoms with Gasteiger partial charge < -0.3 is 10.4 Å². The van der Waals surface area contributed by atoms with Crippen LogP contribution in [0.15, 0.2) is 42.7 Å². The van der Waals surface area contributed by atoms with Crippen LogP contribution in [0.4, 0.5) is 5.69 Å². The second-order valence-electron chi connectivity index (χ2n) is 4.58. The van der Waals surface area contributed by atoms with Gasteiger partial charge in [-0.2, -0.15) is 0 Å². The molecule has 0 saturated heterocycles. The van der Waals surface area contributed by atoms with Crippen molar-refractivity contribution in [3.8, 4) is 11.8 Å². The molecule has 0 spiro atoms. The number of aliphatic hydroxyl groups excluding tert-OH is 1. The molecule has 0 radical (unpaired) electrons. The standard InChI is InChI=1S/C17H16N2O2/c1-13-10-14(5-3-9-20)6-7-16(13)19-17(21)11-15-4-2-8-18-12-15/h2,4,6-8,10,12,20H,9,11H2,1H3,(H,19,21). The monoisotopic (exact) mass is 280 g/mol. The van der Waals surface area contributed by atoms with Crippen molar-refractivity contribution in [1.82, 2.24) is 4.98 Å². The van der Waals surface area contributed by atoms with Gasteiger partial charge in [-0.15, -0.1) is 0 Å². The highest BCUT2D eigenvalue weighted by Crippen LogP contribution is 2.16.